The quantitative estimate of drug-likeness (QED) is 0.126. The van der Waals surface area contributed by atoms with Gasteiger partial charge in [-0.1, -0.05) is 390 Å². The van der Waals surface area contributed by atoms with Crippen LogP contribution in [0.3, 0.4) is 0 Å². The Morgan fingerprint density at radius 3 is 1.28 bits per heavy atom. The standard InChI is InChI=1S/C46H29N3O.C43H26N4S.C39H27N3/c1-3-11-30(12-4-1)32-19-23-34(24-20-32)39-29-40(35-25-21-33(22-26-35)31-13-5-2-6-14-31)48-46(47-39)49-41-17-9-7-16-38(41)44-42(49)28-27-37-36-15-8-10-18-43(36)50-45(37)44;1-3-13-27(14-4-1)41-44-42(28-15-5-2-6-16-28)46-43(45-41)29-23-25-30(26-24-29)47-35-21-11-9-19-33(35)37-31-17-7-8-18-32(31)38-34-20-10-12-22-36(34)48-40(38)39(37)47;1-39(2)30-22-20-24-12-6-7-15-26(24)34(30)29-21-23-33-35(36(29)39)28-17-9-11-19-32(28)42(33)38-40-31-18-10-8-16-27(31)37(41-38)25-13-4-3-5-14-25/h1-29H;1-26H;3-23H,1-2H3. The molecular weight excluding hydrogens is 1730 g/mol. The van der Waals surface area contributed by atoms with Crippen molar-refractivity contribution < 1.29 is 4.42 Å². The first-order valence-electron chi connectivity index (χ1n) is 47.4. The van der Waals surface area contributed by atoms with Crippen molar-refractivity contribution in [2.45, 2.75) is 19.3 Å². The second kappa shape index (κ2) is 33.1. The zero-order valence-electron chi connectivity index (χ0n) is 76.2. The predicted octanol–water partition coefficient (Wildman–Crippen LogP) is 33.5. The molecule has 1 aliphatic carbocycles. The molecule has 0 amide bonds. The minimum absolute atomic E-state index is 0.164. The molecule has 0 aliphatic heterocycles. The molecule has 656 valence electrons. The molecule has 0 spiro atoms. The number of aromatic nitrogens is 10. The van der Waals surface area contributed by atoms with E-state index in [9.17, 15) is 0 Å². The first-order chi connectivity index (χ1) is 69.2. The maximum atomic E-state index is 6.55. The summed E-state index contributed by atoms with van der Waals surface area (Å²) in [6.45, 7) is 4.75. The largest absolute Gasteiger partial charge is 0.455 e. The van der Waals surface area contributed by atoms with Crippen molar-refractivity contribution >= 4 is 151 Å². The van der Waals surface area contributed by atoms with Crippen LogP contribution in [0, 0.1) is 0 Å². The number of nitrogens with zero attached hydrogens (tertiary/aromatic N) is 10. The SMILES string of the molecule is CC1(C)c2ccc3ccccc3c2-c2ccc3c(c21)c1ccccc1n3-c1nc(-c2ccccc2)c2ccccc2n1.c1ccc(-c2ccc(-c3cc(-c4ccc(-c5ccccc5)cc4)nc(-n4c5ccccc5c5c6oc7ccccc7c6ccc54)n3)cc2)cc1.c1ccc(-c2nc(-c3ccccc3)nc(-c3ccc(-n4c5ccccc5c5c6ccccc6c6c7ccccc7sc6c54)cc3)n2)cc1. The van der Waals surface area contributed by atoms with Crippen LogP contribution in [0.5, 0.6) is 0 Å². The third-order valence-corrected chi connectivity index (χ3v) is 29.3. The molecule has 0 atom stereocenters. The van der Waals surface area contributed by atoms with Crippen molar-refractivity contribution in [3.63, 3.8) is 0 Å². The molecule has 8 heterocycles. The molecule has 8 aromatic heterocycles. The average Bonchev–Trinajstić information content (AvgIpc) is 1.53. The highest BCUT2D eigenvalue weighted by Crippen LogP contribution is 2.56. The van der Waals surface area contributed by atoms with Gasteiger partial charge in [0.05, 0.1) is 65.8 Å². The van der Waals surface area contributed by atoms with Gasteiger partial charge in [0.2, 0.25) is 11.9 Å². The van der Waals surface area contributed by atoms with Gasteiger partial charge in [-0.2, -0.15) is 0 Å². The summed E-state index contributed by atoms with van der Waals surface area (Å²) < 4.78 is 16.0. The second-order valence-corrected chi connectivity index (χ2v) is 37.5. The molecule has 0 saturated carbocycles. The number of fused-ring (bicyclic) bond motifs is 27. The van der Waals surface area contributed by atoms with Gasteiger partial charge < -0.3 is 8.98 Å². The van der Waals surface area contributed by atoms with E-state index in [-0.39, 0.29) is 5.41 Å². The van der Waals surface area contributed by atoms with Gasteiger partial charge in [-0.3, -0.25) is 9.13 Å². The van der Waals surface area contributed by atoms with Crippen LogP contribution in [0.25, 0.3) is 259 Å². The first-order valence-corrected chi connectivity index (χ1v) is 48.2. The van der Waals surface area contributed by atoms with E-state index in [2.05, 4.69) is 398 Å². The molecule has 0 N–H and O–H groups in total. The molecule has 20 aromatic carbocycles. The van der Waals surface area contributed by atoms with Gasteiger partial charge in [0.15, 0.2) is 17.5 Å². The van der Waals surface area contributed by atoms with Gasteiger partial charge >= 0.3 is 0 Å². The van der Waals surface area contributed by atoms with E-state index >= 15 is 0 Å². The van der Waals surface area contributed by atoms with Gasteiger partial charge in [-0.25, -0.2) is 34.9 Å². The number of rotatable bonds is 11. The van der Waals surface area contributed by atoms with Gasteiger partial charge in [0.1, 0.15) is 11.2 Å². The lowest BCUT2D eigenvalue weighted by molar-refractivity contribution is 0.667. The fourth-order valence-electron chi connectivity index (χ4n) is 21.6. The van der Waals surface area contributed by atoms with Crippen LogP contribution in [-0.4, -0.2) is 48.6 Å². The van der Waals surface area contributed by atoms with E-state index < -0.39 is 0 Å². The molecule has 29 rings (SSSR count). The van der Waals surface area contributed by atoms with Crippen molar-refractivity contribution in [1.82, 2.24) is 48.6 Å². The van der Waals surface area contributed by atoms with Crippen LogP contribution in [0.2, 0.25) is 0 Å². The van der Waals surface area contributed by atoms with Crippen molar-refractivity contribution in [3.05, 3.63) is 472 Å². The van der Waals surface area contributed by atoms with Crippen LogP contribution in [0.15, 0.2) is 465 Å². The molecule has 12 heteroatoms. The highest BCUT2D eigenvalue weighted by Gasteiger charge is 2.40. The zero-order chi connectivity index (χ0) is 92.6. The zero-order valence-corrected chi connectivity index (χ0v) is 77.0. The Balaban J connectivity index is 0.000000106. The van der Waals surface area contributed by atoms with Crippen molar-refractivity contribution in [1.29, 1.82) is 0 Å². The van der Waals surface area contributed by atoms with Crippen LogP contribution >= 0.6 is 11.3 Å². The van der Waals surface area contributed by atoms with Gasteiger partial charge in [-0.05, 0) is 151 Å². The number of hydrogen-bond donors (Lipinski definition) is 0. The molecule has 28 aromatic rings. The molecule has 0 saturated heterocycles. The fourth-order valence-corrected chi connectivity index (χ4v) is 22.9. The Bertz CT molecular complexity index is 9660. The van der Waals surface area contributed by atoms with Crippen molar-refractivity contribution in [2.75, 3.05) is 0 Å². The van der Waals surface area contributed by atoms with Gasteiger partial charge in [0.25, 0.3) is 0 Å². The van der Waals surface area contributed by atoms with Gasteiger partial charge in [0, 0.05) is 103 Å². The normalized spacial score (nSPS) is 12.3. The second-order valence-electron chi connectivity index (χ2n) is 36.4. The summed E-state index contributed by atoms with van der Waals surface area (Å²) >= 11 is 1.88. The molecule has 1 aliphatic rings. The average molecular weight is 1810 g/mol. The Labute approximate surface area is 808 Å². The number of thiophene rings is 1. The summed E-state index contributed by atoms with van der Waals surface area (Å²) in [7, 11) is 0. The van der Waals surface area contributed by atoms with E-state index in [0.717, 1.165) is 133 Å². The topological polar surface area (TPSA) is 118 Å². The summed E-state index contributed by atoms with van der Waals surface area (Å²) in [5.74, 6) is 3.26. The number of hydrogen-bond acceptors (Lipinski definition) is 9. The number of benzene rings is 20. The van der Waals surface area contributed by atoms with E-state index in [1.54, 1.807) is 0 Å². The summed E-state index contributed by atoms with van der Waals surface area (Å²) in [6, 6.07) is 162. The highest BCUT2D eigenvalue weighted by atomic mass is 32.1. The fraction of sp³-hybridized carbons (Fsp3) is 0.0234. The van der Waals surface area contributed by atoms with Crippen molar-refractivity contribution in [3.8, 4) is 119 Å². The summed E-state index contributed by atoms with van der Waals surface area (Å²) in [4.78, 5) is 35.8. The molecule has 0 fully saturated rings. The summed E-state index contributed by atoms with van der Waals surface area (Å²) in [5.41, 5.74) is 29.1. The first kappa shape index (κ1) is 81.3. The minimum Gasteiger partial charge on any atom is -0.455 e. The third-order valence-electron chi connectivity index (χ3n) is 28.1. The minimum atomic E-state index is -0.164. The Hall–Kier alpha value is -18.2. The van der Waals surface area contributed by atoms with E-state index in [0.29, 0.717) is 29.4 Å². The van der Waals surface area contributed by atoms with E-state index in [1.165, 1.54) is 108 Å². The summed E-state index contributed by atoms with van der Waals surface area (Å²) in [6.07, 6.45) is 0. The predicted molar refractivity (Wildman–Crippen MR) is 581 cm³/mol. The van der Waals surface area contributed by atoms with E-state index in [4.69, 9.17) is 39.3 Å². The Morgan fingerprint density at radius 1 is 0.264 bits per heavy atom. The van der Waals surface area contributed by atoms with Crippen LogP contribution < -0.4 is 0 Å². The maximum Gasteiger partial charge on any atom is 0.235 e. The molecule has 0 bridgehead atoms. The maximum absolute atomic E-state index is 6.55. The number of para-hydroxylation sites is 5. The van der Waals surface area contributed by atoms with Gasteiger partial charge in [-0.15, -0.1) is 11.3 Å². The van der Waals surface area contributed by atoms with E-state index in [1.807, 2.05) is 102 Å². The lowest BCUT2D eigenvalue weighted by Gasteiger charge is -2.23. The van der Waals surface area contributed by atoms with Crippen LogP contribution in [0.1, 0.15) is 25.0 Å². The molecule has 140 heavy (non-hydrogen) atoms. The van der Waals surface area contributed by atoms with Crippen LogP contribution in [-0.2, 0) is 5.41 Å². The molecular formula is C128H82N10OS. The van der Waals surface area contributed by atoms with Crippen molar-refractivity contribution in [2.24, 2.45) is 0 Å². The smallest absolute Gasteiger partial charge is 0.235 e. The Kier molecular flexibility index (Phi) is 19.2. The summed E-state index contributed by atoms with van der Waals surface area (Å²) in [5, 5.41) is 18.3. The lowest BCUT2D eigenvalue weighted by Crippen LogP contribution is -2.15. The Morgan fingerprint density at radius 2 is 0.686 bits per heavy atom. The molecule has 11 nitrogen and oxygen atoms in total. The molecule has 0 unspecified atom stereocenters. The highest BCUT2D eigenvalue weighted by molar-refractivity contribution is 7.27. The monoisotopic (exact) mass is 1810 g/mol. The van der Waals surface area contributed by atoms with Crippen LogP contribution in [0.4, 0.5) is 0 Å². The molecule has 0 radical (unpaired) electrons. The lowest BCUT2D eigenvalue weighted by atomic mass is 9.80. The third kappa shape index (κ3) is 13.4. The number of furan rings is 1.